The lowest BCUT2D eigenvalue weighted by molar-refractivity contribution is -0.143. The fourth-order valence-corrected chi connectivity index (χ4v) is 4.60. The molecular weight excluding hydrogens is 418 g/mol. The van der Waals surface area contributed by atoms with Crippen LogP contribution in [0.2, 0.25) is 4.34 Å². The van der Waals surface area contributed by atoms with Crippen molar-refractivity contribution in [3.8, 4) is 0 Å². The van der Waals surface area contributed by atoms with Crippen LogP contribution in [0.15, 0.2) is 29.3 Å². The molecule has 0 bridgehead atoms. The summed E-state index contributed by atoms with van der Waals surface area (Å²) in [6.45, 7) is 1.46. The maximum Gasteiger partial charge on any atom is 0.326 e. The molecule has 0 saturated heterocycles. The van der Waals surface area contributed by atoms with Crippen LogP contribution in [0.25, 0.3) is 10.2 Å². The zero-order valence-corrected chi connectivity index (χ0v) is 16.4. The molecule has 1 aromatic carbocycles. The van der Waals surface area contributed by atoms with Gasteiger partial charge in [0.15, 0.2) is 10.6 Å². The third kappa shape index (κ3) is 4.60. The Bertz CT molecular complexity index is 1090. The lowest BCUT2D eigenvalue weighted by Gasteiger charge is -2.05. The first-order valence-electron chi connectivity index (χ1n) is 7.83. The van der Waals surface area contributed by atoms with E-state index in [0.717, 1.165) is 28.3 Å². The molecule has 2 aromatic heterocycles. The van der Waals surface area contributed by atoms with E-state index in [2.05, 4.69) is 4.99 Å². The van der Waals surface area contributed by atoms with Crippen LogP contribution in [0.3, 0.4) is 0 Å². The SMILES string of the molecule is CCOC(=O)Cn1c(=NC(=O)Cc2ccc(Cl)s2)sc2cc(F)cc(F)c21. The summed E-state index contributed by atoms with van der Waals surface area (Å²) in [6.07, 6.45) is 0.0158. The number of hydrogen-bond acceptors (Lipinski definition) is 5. The summed E-state index contributed by atoms with van der Waals surface area (Å²) in [5, 5.41) is 0. The topological polar surface area (TPSA) is 60.7 Å². The number of esters is 1. The number of amides is 1. The van der Waals surface area contributed by atoms with Crippen molar-refractivity contribution < 1.29 is 23.1 Å². The Morgan fingerprint density at radius 3 is 2.70 bits per heavy atom. The largest absolute Gasteiger partial charge is 0.465 e. The maximum absolute atomic E-state index is 14.3. The Labute approximate surface area is 165 Å². The summed E-state index contributed by atoms with van der Waals surface area (Å²) in [7, 11) is 0. The fraction of sp³-hybridized carbons (Fsp3) is 0.235. The molecule has 0 saturated carbocycles. The molecule has 0 N–H and O–H groups in total. The molecule has 3 aromatic rings. The number of aromatic nitrogens is 1. The summed E-state index contributed by atoms with van der Waals surface area (Å²) in [5.74, 6) is -2.70. The molecule has 1 amide bonds. The van der Waals surface area contributed by atoms with Gasteiger partial charge in [-0.25, -0.2) is 8.78 Å². The van der Waals surface area contributed by atoms with Gasteiger partial charge in [0, 0.05) is 10.9 Å². The van der Waals surface area contributed by atoms with Crippen molar-refractivity contribution in [3.05, 3.63) is 49.9 Å². The van der Waals surface area contributed by atoms with Crippen LogP contribution >= 0.6 is 34.3 Å². The second kappa shape index (κ2) is 8.28. The van der Waals surface area contributed by atoms with Gasteiger partial charge in [-0.15, -0.1) is 11.3 Å². The number of carbonyl (C=O) groups excluding carboxylic acids is 2. The molecule has 3 rings (SSSR count). The number of hydrogen-bond donors (Lipinski definition) is 0. The van der Waals surface area contributed by atoms with E-state index < -0.39 is 23.5 Å². The van der Waals surface area contributed by atoms with Gasteiger partial charge in [-0.1, -0.05) is 22.9 Å². The number of carbonyl (C=O) groups is 2. The van der Waals surface area contributed by atoms with E-state index in [-0.39, 0.29) is 34.6 Å². The molecule has 0 radical (unpaired) electrons. The molecule has 0 spiro atoms. The van der Waals surface area contributed by atoms with E-state index in [9.17, 15) is 18.4 Å². The van der Waals surface area contributed by atoms with E-state index in [1.807, 2.05) is 0 Å². The highest BCUT2D eigenvalue weighted by Gasteiger charge is 2.17. The molecule has 0 aliphatic rings. The molecule has 0 unspecified atom stereocenters. The van der Waals surface area contributed by atoms with Gasteiger partial charge in [0.1, 0.15) is 12.4 Å². The lowest BCUT2D eigenvalue weighted by atomic mass is 10.3. The molecular formula is C17H13ClF2N2O3S2. The van der Waals surface area contributed by atoms with Crippen molar-refractivity contribution >= 4 is 56.4 Å². The third-order valence-electron chi connectivity index (χ3n) is 3.46. The minimum Gasteiger partial charge on any atom is -0.465 e. The van der Waals surface area contributed by atoms with Crippen LogP contribution in [-0.2, 0) is 27.3 Å². The quantitative estimate of drug-likeness (QED) is 0.576. The molecule has 0 aliphatic carbocycles. The predicted octanol–water partition coefficient (Wildman–Crippen LogP) is 3.93. The van der Waals surface area contributed by atoms with E-state index in [0.29, 0.717) is 4.34 Å². The van der Waals surface area contributed by atoms with Gasteiger partial charge in [-0.05, 0) is 25.1 Å². The van der Waals surface area contributed by atoms with E-state index in [4.69, 9.17) is 16.3 Å². The predicted molar refractivity (Wildman–Crippen MR) is 100.0 cm³/mol. The molecule has 27 heavy (non-hydrogen) atoms. The number of fused-ring (bicyclic) bond motifs is 1. The zero-order chi connectivity index (χ0) is 19.6. The molecule has 5 nitrogen and oxygen atoms in total. The Morgan fingerprint density at radius 2 is 2.04 bits per heavy atom. The molecule has 10 heteroatoms. The second-order valence-electron chi connectivity index (χ2n) is 5.40. The summed E-state index contributed by atoms with van der Waals surface area (Å²) < 4.78 is 34.7. The van der Waals surface area contributed by atoms with Gasteiger partial charge in [0.25, 0.3) is 5.91 Å². The van der Waals surface area contributed by atoms with Gasteiger partial charge in [-0.3, -0.25) is 9.59 Å². The normalized spacial score (nSPS) is 11.9. The molecule has 0 aliphatic heterocycles. The van der Waals surface area contributed by atoms with Crippen molar-refractivity contribution in [1.82, 2.24) is 4.57 Å². The summed E-state index contributed by atoms with van der Waals surface area (Å²) in [5.41, 5.74) is 0.000158. The number of thiazole rings is 1. The summed E-state index contributed by atoms with van der Waals surface area (Å²) >= 11 is 8.02. The highest BCUT2D eigenvalue weighted by atomic mass is 35.5. The van der Waals surface area contributed by atoms with Crippen molar-refractivity contribution in [2.75, 3.05) is 6.61 Å². The Hall–Kier alpha value is -2.10. The van der Waals surface area contributed by atoms with Gasteiger partial charge >= 0.3 is 5.97 Å². The number of thiophene rings is 1. The Morgan fingerprint density at radius 1 is 1.26 bits per heavy atom. The van der Waals surface area contributed by atoms with Gasteiger partial charge in [0.05, 0.1) is 27.6 Å². The molecule has 142 valence electrons. The Balaban J connectivity index is 2.05. The average molecular weight is 431 g/mol. The molecule has 0 atom stereocenters. The number of nitrogens with zero attached hydrogens (tertiary/aromatic N) is 2. The lowest BCUT2D eigenvalue weighted by Crippen LogP contribution is -2.23. The first-order chi connectivity index (χ1) is 12.9. The molecule has 0 fully saturated rings. The van der Waals surface area contributed by atoms with Crippen LogP contribution in [0.4, 0.5) is 8.78 Å². The van der Waals surface area contributed by atoms with Gasteiger partial charge in [-0.2, -0.15) is 4.99 Å². The van der Waals surface area contributed by atoms with Crippen LogP contribution in [0.5, 0.6) is 0 Å². The summed E-state index contributed by atoms with van der Waals surface area (Å²) in [4.78, 5) is 29.0. The van der Waals surface area contributed by atoms with E-state index >= 15 is 0 Å². The van der Waals surface area contributed by atoms with Crippen molar-refractivity contribution in [2.45, 2.75) is 19.9 Å². The van der Waals surface area contributed by atoms with Crippen LogP contribution < -0.4 is 4.80 Å². The smallest absolute Gasteiger partial charge is 0.326 e. The van der Waals surface area contributed by atoms with E-state index in [1.165, 1.54) is 15.9 Å². The van der Waals surface area contributed by atoms with Gasteiger partial charge in [0.2, 0.25) is 0 Å². The zero-order valence-electron chi connectivity index (χ0n) is 14.0. The maximum atomic E-state index is 14.3. The van der Waals surface area contributed by atoms with Crippen molar-refractivity contribution in [2.24, 2.45) is 4.99 Å². The monoisotopic (exact) mass is 430 g/mol. The van der Waals surface area contributed by atoms with Gasteiger partial charge < -0.3 is 9.30 Å². The number of benzene rings is 1. The van der Waals surface area contributed by atoms with Crippen LogP contribution in [-0.4, -0.2) is 23.1 Å². The summed E-state index contributed by atoms with van der Waals surface area (Å²) in [6, 6.07) is 5.24. The highest BCUT2D eigenvalue weighted by Crippen LogP contribution is 2.23. The number of rotatable bonds is 5. The third-order valence-corrected chi connectivity index (χ3v) is 5.72. The Kier molecular flexibility index (Phi) is 6.03. The first-order valence-corrected chi connectivity index (χ1v) is 9.84. The second-order valence-corrected chi connectivity index (χ2v) is 8.21. The minimum atomic E-state index is -0.843. The highest BCUT2D eigenvalue weighted by molar-refractivity contribution is 7.16. The average Bonchev–Trinajstić information content (AvgIpc) is 3.11. The first kappa shape index (κ1) is 19.7. The minimum absolute atomic E-state index is 0.000158. The van der Waals surface area contributed by atoms with Crippen LogP contribution in [0, 0.1) is 11.6 Å². The fourth-order valence-electron chi connectivity index (χ4n) is 2.44. The number of halogens is 3. The standard InChI is InChI=1S/C17H13ClF2N2O3S2/c1-2-25-15(24)8-22-16-11(20)5-9(19)6-12(16)27-17(22)21-14(23)7-10-3-4-13(18)26-10/h3-6H,2,7-8H2,1H3. The molecule has 2 heterocycles. The van der Waals surface area contributed by atoms with Crippen LogP contribution in [0.1, 0.15) is 11.8 Å². The number of ether oxygens (including phenoxy) is 1. The van der Waals surface area contributed by atoms with E-state index in [1.54, 1.807) is 19.1 Å². The van der Waals surface area contributed by atoms with Crippen molar-refractivity contribution in [1.29, 1.82) is 0 Å². The van der Waals surface area contributed by atoms with Crippen molar-refractivity contribution in [3.63, 3.8) is 0 Å².